The molecule has 2 heterocycles. The van der Waals surface area contributed by atoms with Crippen LogP contribution in [-0.4, -0.2) is 22.6 Å². The smallest absolute Gasteiger partial charge is 0.160 e. The molecule has 88 valence electrons. The van der Waals surface area contributed by atoms with E-state index in [1.165, 1.54) is 0 Å². The fourth-order valence-corrected chi connectivity index (χ4v) is 2.05. The predicted octanol–water partition coefficient (Wildman–Crippen LogP) is 1.39. The largest absolute Gasteiger partial charge is 0.367 e. The van der Waals surface area contributed by atoms with Crippen LogP contribution in [0.15, 0.2) is 12.3 Å². The van der Waals surface area contributed by atoms with Gasteiger partial charge >= 0.3 is 0 Å². The van der Waals surface area contributed by atoms with Crippen LogP contribution in [-0.2, 0) is 16.8 Å². The Hall–Kier alpha value is -1.00. The second kappa shape index (κ2) is 4.47. The van der Waals surface area contributed by atoms with E-state index in [1.54, 1.807) is 6.20 Å². The molecule has 4 nitrogen and oxygen atoms in total. The van der Waals surface area contributed by atoms with E-state index in [1.807, 2.05) is 13.0 Å². The van der Waals surface area contributed by atoms with Crippen molar-refractivity contribution in [3.05, 3.63) is 23.8 Å². The van der Waals surface area contributed by atoms with Gasteiger partial charge in [0.25, 0.3) is 0 Å². The van der Waals surface area contributed by atoms with Gasteiger partial charge in [0, 0.05) is 31.0 Å². The normalized spacial score (nSPS) is 26.9. The summed E-state index contributed by atoms with van der Waals surface area (Å²) in [6.07, 6.45) is 4.66. The molecule has 1 saturated heterocycles. The number of aromatic nitrogens is 2. The van der Waals surface area contributed by atoms with Gasteiger partial charge in [0.15, 0.2) is 5.82 Å². The van der Waals surface area contributed by atoms with Crippen molar-refractivity contribution in [3.8, 4) is 0 Å². The number of nitrogens with zero attached hydrogens (tertiary/aromatic N) is 2. The summed E-state index contributed by atoms with van der Waals surface area (Å²) in [4.78, 5) is 8.87. The van der Waals surface area contributed by atoms with Gasteiger partial charge in [0.1, 0.15) is 5.60 Å². The molecule has 1 aromatic rings. The molecular formula is C12H19N3O. The lowest BCUT2D eigenvalue weighted by atomic mass is 10.0. The number of nitrogens with two attached hydrogens (primary N) is 1. The Labute approximate surface area is 96.2 Å². The van der Waals surface area contributed by atoms with Crippen LogP contribution in [0.1, 0.15) is 38.2 Å². The van der Waals surface area contributed by atoms with E-state index in [0.717, 1.165) is 37.4 Å². The molecule has 0 aliphatic carbocycles. The summed E-state index contributed by atoms with van der Waals surface area (Å²) >= 11 is 0. The first-order chi connectivity index (χ1) is 7.60. The minimum absolute atomic E-state index is 0.125. The van der Waals surface area contributed by atoms with Crippen molar-refractivity contribution in [2.45, 2.75) is 44.8 Å². The molecule has 2 unspecified atom stereocenters. The quantitative estimate of drug-likeness (QED) is 0.838. The molecular weight excluding hydrogens is 202 g/mol. The van der Waals surface area contributed by atoms with Crippen LogP contribution in [0.5, 0.6) is 0 Å². The summed E-state index contributed by atoms with van der Waals surface area (Å²) in [6, 6.07) is 2.05. The molecule has 2 atom stereocenters. The fourth-order valence-electron chi connectivity index (χ4n) is 2.05. The Morgan fingerprint density at radius 2 is 2.44 bits per heavy atom. The maximum Gasteiger partial charge on any atom is 0.160 e. The van der Waals surface area contributed by atoms with Crippen LogP contribution < -0.4 is 5.73 Å². The highest BCUT2D eigenvalue weighted by atomic mass is 16.5. The SMILES string of the molecule is CC(N)Cc1ccnc(C2(C)CCCO2)n1. The Morgan fingerprint density at radius 1 is 1.62 bits per heavy atom. The number of hydrogen-bond acceptors (Lipinski definition) is 4. The van der Waals surface area contributed by atoms with Crippen molar-refractivity contribution in [1.29, 1.82) is 0 Å². The lowest BCUT2D eigenvalue weighted by Crippen LogP contribution is -2.25. The standard InChI is InChI=1S/C12H19N3O/c1-9(13)8-10-4-6-14-11(15-10)12(2)5-3-7-16-12/h4,6,9H,3,5,7-8,13H2,1-2H3. The maximum atomic E-state index is 5.77. The molecule has 0 saturated carbocycles. The summed E-state index contributed by atoms with van der Waals surface area (Å²) in [7, 11) is 0. The fraction of sp³-hybridized carbons (Fsp3) is 0.667. The lowest BCUT2D eigenvalue weighted by Gasteiger charge is -2.21. The van der Waals surface area contributed by atoms with E-state index in [-0.39, 0.29) is 11.6 Å². The average molecular weight is 221 g/mol. The molecule has 16 heavy (non-hydrogen) atoms. The van der Waals surface area contributed by atoms with Crippen LogP contribution in [0.3, 0.4) is 0 Å². The van der Waals surface area contributed by atoms with Crippen LogP contribution in [0.25, 0.3) is 0 Å². The van der Waals surface area contributed by atoms with Crippen molar-refractivity contribution >= 4 is 0 Å². The molecule has 1 aliphatic rings. The Kier molecular flexibility index (Phi) is 3.21. The van der Waals surface area contributed by atoms with Crippen molar-refractivity contribution in [2.75, 3.05) is 6.61 Å². The van der Waals surface area contributed by atoms with Crippen molar-refractivity contribution in [1.82, 2.24) is 9.97 Å². The van der Waals surface area contributed by atoms with Crippen molar-refractivity contribution < 1.29 is 4.74 Å². The molecule has 4 heteroatoms. The van der Waals surface area contributed by atoms with Gasteiger partial charge in [-0.3, -0.25) is 0 Å². The van der Waals surface area contributed by atoms with Crippen LogP contribution in [0.4, 0.5) is 0 Å². The monoisotopic (exact) mass is 221 g/mol. The topological polar surface area (TPSA) is 61.0 Å². The summed E-state index contributed by atoms with van der Waals surface area (Å²) < 4.78 is 5.73. The maximum absolute atomic E-state index is 5.77. The number of ether oxygens (including phenoxy) is 1. The van der Waals surface area contributed by atoms with E-state index in [4.69, 9.17) is 10.5 Å². The van der Waals surface area contributed by atoms with Crippen molar-refractivity contribution in [3.63, 3.8) is 0 Å². The third-order valence-electron chi connectivity index (χ3n) is 2.94. The first-order valence-electron chi connectivity index (χ1n) is 5.82. The van der Waals surface area contributed by atoms with E-state index < -0.39 is 0 Å². The lowest BCUT2D eigenvalue weighted by molar-refractivity contribution is 0.00913. The number of hydrogen-bond donors (Lipinski definition) is 1. The highest BCUT2D eigenvalue weighted by molar-refractivity contribution is 5.09. The molecule has 2 N–H and O–H groups in total. The highest BCUT2D eigenvalue weighted by Crippen LogP contribution is 2.33. The number of rotatable bonds is 3. The Balaban J connectivity index is 2.21. The second-order valence-electron chi connectivity index (χ2n) is 4.74. The summed E-state index contributed by atoms with van der Waals surface area (Å²) in [5, 5.41) is 0. The third kappa shape index (κ3) is 2.39. The average Bonchev–Trinajstić information content (AvgIpc) is 2.66. The zero-order chi connectivity index (χ0) is 11.6. The van der Waals surface area contributed by atoms with E-state index >= 15 is 0 Å². The van der Waals surface area contributed by atoms with Crippen LogP contribution in [0, 0.1) is 0 Å². The molecule has 1 fully saturated rings. The minimum atomic E-state index is -0.298. The first-order valence-corrected chi connectivity index (χ1v) is 5.82. The van der Waals surface area contributed by atoms with Gasteiger partial charge in [-0.2, -0.15) is 0 Å². The molecule has 0 aromatic carbocycles. The van der Waals surface area contributed by atoms with Crippen LogP contribution >= 0.6 is 0 Å². The molecule has 0 spiro atoms. The summed E-state index contributed by atoms with van der Waals surface area (Å²) in [6.45, 7) is 4.85. The van der Waals surface area contributed by atoms with E-state index in [0.29, 0.717) is 0 Å². The molecule has 0 bridgehead atoms. The Bertz CT molecular complexity index is 359. The first kappa shape index (κ1) is 11.5. The second-order valence-corrected chi connectivity index (χ2v) is 4.74. The zero-order valence-electron chi connectivity index (χ0n) is 9.94. The van der Waals surface area contributed by atoms with Gasteiger partial charge in [0.05, 0.1) is 0 Å². The zero-order valence-corrected chi connectivity index (χ0v) is 9.94. The highest BCUT2D eigenvalue weighted by Gasteiger charge is 2.34. The molecule has 0 radical (unpaired) electrons. The van der Waals surface area contributed by atoms with E-state index in [2.05, 4.69) is 16.9 Å². The van der Waals surface area contributed by atoms with Gasteiger partial charge < -0.3 is 10.5 Å². The van der Waals surface area contributed by atoms with Crippen molar-refractivity contribution in [2.24, 2.45) is 5.73 Å². The van der Waals surface area contributed by atoms with Gasteiger partial charge in [-0.05, 0) is 32.8 Å². The molecule has 2 rings (SSSR count). The van der Waals surface area contributed by atoms with E-state index in [9.17, 15) is 0 Å². The summed E-state index contributed by atoms with van der Waals surface area (Å²) in [5.41, 5.74) is 6.47. The molecule has 1 aromatic heterocycles. The molecule has 1 aliphatic heterocycles. The molecule has 0 amide bonds. The van der Waals surface area contributed by atoms with Crippen LogP contribution in [0.2, 0.25) is 0 Å². The third-order valence-corrected chi connectivity index (χ3v) is 2.94. The Morgan fingerprint density at radius 3 is 3.06 bits per heavy atom. The minimum Gasteiger partial charge on any atom is -0.367 e. The summed E-state index contributed by atoms with van der Waals surface area (Å²) in [5.74, 6) is 0.795. The van der Waals surface area contributed by atoms with Gasteiger partial charge in [-0.1, -0.05) is 0 Å². The van der Waals surface area contributed by atoms with Gasteiger partial charge in [0.2, 0.25) is 0 Å². The van der Waals surface area contributed by atoms with Gasteiger partial charge in [-0.15, -0.1) is 0 Å². The van der Waals surface area contributed by atoms with Gasteiger partial charge in [-0.25, -0.2) is 9.97 Å². The predicted molar refractivity (Wildman–Crippen MR) is 61.9 cm³/mol.